The van der Waals surface area contributed by atoms with E-state index in [1.807, 2.05) is 6.07 Å². The SMILES string of the molecule is S=C(Nc1ccc(Cl)cn1)NC1CCCCCC1. The van der Waals surface area contributed by atoms with Crippen molar-refractivity contribution in [3.8, 4) is 0 Å². The first kappa shape index (κ1) is 13.6. The number of nitrogens with zero attached hydrogens (tertiary/aromatic N) is 1. The first-order chi connectivity index (χ1) is 8.74. The normalized spacial score (nSPS) is 16.9. The zero-order chi connectivity index (χ0) is 12.8. The van der Waals surface area contributed by atoms with Crippen molar-refractivity contribution in [2.24, 2.45) is 0 Å². The molecule has 1 aliphatic carbocycles. The Balaban J connectivity index is 1.82. The number of nitrogens with one attached hydrogen (secondary N) is 2. The van der Waals surface area contributed by atoms with Crippen molar-refractivity contribution in [3.63, 3.8) is 0 Å². The van der Waals surface area contributed by atoms with Crippen molar-refractivity contribution >= 4 is 34.7 Å². The number of rotatable bonds is 2. The van der Waals surface area contributed by atoms with E-state index in [1.165, 1.54) is 38.5 Å². The van der Waals surface area contributed by atoms with Crippen molar-refractivity contribution < 1.29 is 0 Å². The first-order valence-electron chi connectivity index (χ1n) is 6.43. The minimum absolute atomic E-state index is 0.500. The molecule has 1 aromatic heterocycles. The Labute approximate surface area is 118 Å². The van der Waals surface area contributed by atoms with Gasteiger partial charge in [0.15, 0.2) is 5.11 Å². The van der Waals surface area contributed by atoms with Crippen LogP contribution in [0, 0.1) is 0 Å². The molecule has 0 saturated heterocycles. The van der Waals surface area contributed by atoms with Gasteiger partial charge < -0.3 is 10.6 Å². The predicted molar refractivity (Wildman–Crippen MR) is 80.1 cm³/mol. The third kappa shape index (κ3) is 4.42. The molecule has 0 atom stereocenters. The van der Waals surface area contributed by atoms with Crippen molar-refractivity contribution in [1.29, 1.82) is 0 Å². The number of halogens is 1. The number of aromatic nitrogens is 1. The maximum Gasteiger partial charge on any atom is 0.172 e. The fraction of sp³-hybridized carbons (Fsp3) is 0.538. The van der Waals surface area contributed by atoms with Crippen molar-refractivity contribution in [1.82, 2.24) is 10.3 Å². The molecule has 1 aliphatic rings. The highest BCUT2D eigenvalue weighted by molar-refractivity contribution is 7.80. The van der Waals surface area contributed by atoms with Gasteiger partial charge in [0.05, 0.1) is 5.02 Å². The van der Waals surface area contributed by atoms with Gasteiger partial charge in [-0.25, -0.2) is 4.98 Å². The molecule has 0 aliphatic heterocycles. The average Bonchev–Trinajstić information content (AvgIpc) is 2.61. The molecule has 0 radical (unpaired) electrons. The lowest BCUT2D eigenvalue weighted by Gasteiger charge is -2.18. The van der Waals surface area contributed by atoms with Gasteiger partial charge in [-0.15, -0.1) is 0 Å². The van der Waals surface area contributed by atoms with Crippen molar-refractivity contribution in [2.45, 2.75) is 44.6 Å². The van der Waals surface area contributed by atoms with E-state index in [2.05, 4.69) is 15.6 Å². The van der Waals surface area contributed by atoms with Crippen LogP contribution in [0.25, 0.3) is 0 Å². The number of pyridine rings is 1. The Morgan fingerprint density at radius 1 is 1.22 bits per heavy atom. The van der Waals surface area contributed by atoms with E-state index in [9.17, 15) is 0 Å². The van der Waals surface area contributed by atoms with Crippen LogP contribution >= 0.6 is 23.8 Å². The third-order valence-electron chi connectivity index (χ3n) is 3.16. The number of hydrogen-bond donors (Lipinski definition) is 2. The molecule has 0 spiro atoms. The molecule has 1 fully saturated rings. The summed E-state index contributed by atoms with van der Waals surface area (Å²) in [5.74, 6) is 0.727. The zero-order valence-corrected chi connectivity index (χ0v) is 11.9. The Hall–Kier alpha value is -0.870. The molecular weight excluding hydrogens is 266 g/mol. The lowest BCUT2D eigenvalue weighted by atomic mass is 10.1. The molecular formula is C13H18ClN3S. The number of anilines is 1. The molecule has 5 heteroatoms. The van der Waals surface area contributed by atoms with Crippen LogP contribution in [0.2, 0.25) is 5.02 Å². The molecule has 1 aromatic rings. The minimum atomic E-state index is 0.500. The summed E-state index contributed by atoms with van der Waals surface area (Å²) in [4.78, 5) is 4.16. The van der Waals surface area contributed by atoms with E-state index >= 15 is 0 Å². The quantitative estimate of drug-likeness (QED) is 0.640. The molecule has 2 N–H and O–H groups in total. The molecule has 18 heavy (non-hydrogen) atoms. The van der Waals surface area contributed by atoms with Gasteiger partial charge in [-0.1, -0.05) is 37.3 Å². The highest BCUT2D eigenvalue weighted by Crippen LogP contribution is 2.17. The Kier molecular flexibility index (Phi) is 5.20. The molecule has 2 rings (SSSR count). The number of thiocarbonyl (C=S) groups is 1. The van der Waals surface area contributed by atoms with Gasteiger partial charge in [-0.3, -0.25) is 0 Å². The molecule has 0 amide bonds. The Bertz CT molecular complexity index is 386. The van der Waals surface area contributed by atoms with E-state index in [4.69, 9.17) is 23.8 Å². The molecule has 1 heterocycles. The Morgan fingerprint density at radius 2 is 1.94 bits per heavy atom. The fourth-order valence-electron chi connectivity index (χ4n) is 2.21. The average molecular weight is 284 g/mol. The van der Waals surface area contributed by atoms with Gasteiger partial charge in [0.1, 0.15) is 5.82 Å². The van der Waals surface area contributed by atoms with Crippen LogP contribution in [0.15, 0.2) is 18.3 Å². The number of hydrogen-bond acceptors (Lipinski definition) is 2. The zero-order valence-electron chi connectivity index (χ0n) is 10.3. The third-order valence-corrected chi connectivity index (χ3v) is 3.60. The van der Waals surface area contributed by atoms with E-state index in [0.29, 0.717) is 16.2 Å². The summed E-state index contributed by atoms with van der Waals surface area (Å²) < 4.78 is 0. The minimum Gasteiger partial charge on any atom is -0.360 e. The summed E-state index contributed by atoms with van der Waals surface area (Å²) in [6, 6.07) is 4.12. The molecule has 1 saturated carbocycles. The highest BCUT2D eigenvalue weighted by atomic mass is 35.5. The van der Waals surface area contributed by atoms with E-state index in [-0.39, 0.29) is 0 Å². The van der Waals surface area contributed by atoms with Crippen LogP contribution in [0.1, 0.15) is 38.5 Å². The predicted octanol–water partition coefficient (Wildman–Crippen LogP) is 3.74. The summed E-state index contributed by atoms with van der Waals surface area (Å²) in [6.07, 6.45) is 9.29. The van der Waals surface area contributed by atoms with Gasteiger partial charge in [0.25, 0.3) is 0 Å². The van der Waals surface area contributed by atoms with Crippen LogP contribution in [-0.4, -0.2) is 16.1 Å². The van der Waals surface area contributed by atoms with Gasteiger partial charge in [-0.05, 0) is 37.2 Å². The summed E-state index contributed by atoms with van der Waals surface area (Å²) in [5.41, 5.74) is 0. The highest BCUT2D eigenvalue weighted by Gasteiger charge is 2.12. The van der Waals surface area contributed by atoms with Crippen LogP contribution in [0.4, 0.5) is 5.82 Å². The second-order valence-electron chi connectivity index (χ2n) is 4.65. The van der Waals surface area contributed by atoms with Crippen LogP contribution in [0.5, 0.6) is 0 Å². The van der Waals surface area contributed by atoms with Crippen molar-refractivity contribution in [3.05, 3.63) is 23.4 Å². The van der Waals surface area contributed by atoms with Gasteiger partial charge >= 0.3 is 0 Å². The smallest absolute Gasteiger partial charge is 0.172 e. The lowest BCUT2D eigenvalue weighted by molar-refractivity contribution is 0.535. The second-order valence-corrected chi connectivity index (χ2v) is 5.49. The maximum atomic E-state index is 5.78. The standard InChI is InChI=1S/C13H18ClN3S/c14-10-7-8-12(15-9-10)17-13(18)16-11-5-3-1-2-4-6-11/h7-9,11H,1-6H2,(H2,15,16,17,18). The van der Waals surface area contributed by atoms with Gasteiger partial charge in [-0.2, -0.15) is 0 Å². The lowest BCUT2D eigenvalue weighted by Crippen LogP contribution is -2.37. The molecule has 0 aromatic carbocycles. The van der Waals surface area contributed by atoms with Gasteiger partial charge in [0.2, 0.25) is 0 Å². The summed E-state index contributed by atoms with van der Waals surface area (Å²) >= 11 is 11.1. The summed E-state index contributed by atoms with van der Waals surface area (Å²) in [6.45, 7) is 0. The van der Waals surface area contributed by atoms with Crippen LogP contribution < -0.4 is 10.6 Å². The van der Waals surface area contributed by atoms with Crippen LogP contribution in [0.3, 0.4) is 0 Å². The second kappa shape index (κ2) is 6.90. The van der Waals surface area contributed by atoms with Crippen LogP contribution in [-0.2, 0) is 0 Å². The van der Waals surface area contributed by atoms with Crippen molar-refractivity contribution in [2.75, 3.05) is 5.32 Å². The van der Waals surface area contributed by atoms with Gasteiger partial charge in [0, 0.05) is 12.2 Å². The molecule has 3 nitrogen and oxygen atoms in total. The maximum absolute atomic E-state index is 5.78. The molecule has 98 valence electrons. The van der Waals surface area contributed by atoms with E-state index < -0.39 is 0 Å². The van der Waals surface area contributed by atoms with E-state index in [0.717, 1.165) is 5.82 Å². The Morgan fingerprint density at radius 3 is 2.56 bits per heavy atom. The fourth-order valence-corrected chi connectivity index (χ4v) is 2.59. The first-order valence-corrected chi connectivity index (χ1v) is 7.22. The summed E-state index contributed by atoms with van der Waals surface area (Å²) in [7, 11) is 0. The topological polar surface area (TPSA) is 37.0 Å². The largest absolute Gasteiger partial charge is 0.360 e. The summed E-state index contributed by atoms with van der Waals surface area (Å²) in [5, 5.41) is 7.73. The monoisotopic (exact) mass is 283 g/mol. The molecule has 0 unspecified atom stereocenters. The molecule has 0 bridgehead atoms. The van der Waals surface area contributed by atoms with E-state index in [1.54, 1.807) is 12.3 Å².